The van der Waals surface area contributed by atoms with E-state index >= 15 is 0 Å². The van der Waals surface area contributed by atoms with Gasteiger partial charge < -0.3 is 15.2 Å². The molecule has 3 aromatic rings. The number of nitrogens with one attached hydrogen (secondary N) is 2. The third kappa shape index (κ3) is 3.98. The number of aromatic amines is 1. The maximum absolute atomic E-state index is 12.7. The number of urea groups is 1. The van der Waals surface area contributed by atoms with Gasteiger partial charge in [-0.25, -0.2) is 9.78 Å². The molecule has 2 aliphatic rings. The summed E-state index contributed by atoms with van der Waals surface area (Å²) in [6.45, 7) is 4.42. The van der Waals surface area contributed by atoms with Crippen LogP contribution in [0.3, 0.4) is 0 Å². The molecule has 2 aromatic carbocycles. The van der Waals surface area contributed by atoms with Crippen LogP contribution in [0.2, 0.25) is 0 Å². The maximum Gasteiger partial charge on any atom is 0.317 e. The van der Waals surface area contributed by atoms with Crippen molar-refractivity contribution in [2.75, 3.05) is 26.2 Å². The van der Waals surface area contributed by atoms with Crippen molar-refractivity contribution in [1.82, 2.24) is 25.1 Å². The normalized spacial score (nSPS) is 20.6. The molecule has 2 amide bonds. The molecule has 0 aliphatic carbocycles. The van der Waals surface area contributed by atoms with Gasteiger partial charge in [0.25, 0.3) is 0 Å². The second-order valence-corrected chi connectivity index (χ2v) is 8.25. The fourth-order valence-electron chi connectivity index (χ4n) is 4.41. The van der Waals surface area contributed by atoms with Crippen molar-refractivity contribution in [3.05, 3.63) is 66.0 Å². The number of aromatic nitrogens is 2. The van der Waals surface area contributed by atoms with E-state index in [0.717, 1.165) is 62.4 Å². The molecule has 0 spiro atoms. The average Bonchev–Trinajstić information content (AvgIpc) is 3.11. The number of imidazole rings is 1. The number of benzene rings is 2. The van der Waals surface area contributed by atoms with Crippen molar-refractivity contribution in [2.45, 2.75) is 31.3 Å². The maximum atomic E-state index is 12.7. The van der Waals surface area contributed by atoms with Crippen LogP contribution in [0.1, 0.15) is 30.1 Å². The van der Waals surface area contributed by atoms with Crippen LogP contribution in [0, 0.1) is 0 Å². The van der Waals surface area contributed by atoms with E-state index in [2.05, 4.69) is 50.5 Å². The van der Waals surface area contributed by atoms with Crippen molar-refractivity contribution in [3.8, 4) is 0 Å². The minimum absolute atomic E-state index is 0.0592. The summed E-state index contributed by atoms with van der Waals surface area (Å²) in [6, 6.07) is 18.9. The van der Waals surface area contributed by atoms with E-state index in [9.17, 15) is 4.79 Å². The smallest absolute Gasteiger partial charge is 0.317 e. The molecule has 0 unspecified atom stereocenters. The summed E-state index contributed by atoms with van der Waals surface area (Å²) < 4.78 is 0. The number of piperidine rings is 1. The topological polar surface area (TPSA) is 64.3 Å². The molecule has 2 aliphatic heterocycles. The molecule has 0 radical (unpaired) electrons. The molecule has 150 valence electrons. The van der Waals surface area contributed by atoms with Crippen molar-refractivity contribution >= 4 is 17.1 Å². The highest BCUT2D eigenvalue weighted by Gasteiger charge is 2.35. The Labute approximate surface area is 170 Å². The Morgan fingerprint density at radius 1 is 1.07 bits per heavy atom. The van der Waals surface area contributed by atoms with E-state index in [-0.39, 0.29) is 12.1 Å². The molecule has 5 rings (SSSR count). The minimum atomic E-state index is 0.0592. The van der Waals surface area contributed by atoms with Crippen LogP contribution in [-0.2, 0) is 6.54 Å². The monoisotopic (exact) mass is 389 g/mol. The van der Waals surface area contributed by atoms with Gasteiger partial charge in [0.2, 0.25) is 0 Å². The lowest BCUT2D eigenvalue weighted by molar-refractivity contribution is 0.133. The van der Waals surface area contributed by atoms with Gasteiger partial charge in [-0.05, 0) is 37.1 Å². The predicted octanol–water partition coefficient (Wildman–Crippen LogP) is 3.34. The zero-order chi connectivity index (χ0) is 19.6. The highest BCUT2D eigenvalue weighted by atomic mass is 16.2. The van der Waals surface area contributed by atoms with Gasteiger partial charge in [-0.15, -0.1) is 0 Å². The Hall–Kier alpha value is -2.86. The van der Waals surface area contributed by atoms with Crippen LogP contribution >= 0.6 is 0 Å². The summed E-state index contributed by atoms with van der Waals surface area (Å²) in [5.41, 5.74) is 3.38. The summed E-state index contributed by atoms with van der Waals surface area (Å²) in [5.74, 6) is 1.29. The number of carbonyl (C=O) groups excluding carboxylic acids is 1. The second kappa shape index (κ2) is 7.87. The van der Waals surface area contributed by atoms with Gasteiger partial charge >= 0.3 is 6.03 Å². The number of hydrogen-bond donors (Lipinski definition) is 2. The van der Waals surface area contributed by atoms with Gasteiger partial charge in [0.1, 0.15) is 5.82 Å². The van der Waals surface area contributed by atoms with Crippen LogP contribution in [0.4, 0.5) is 4.79 Å². The van der Waals surface area contributed by atoms with E-state index in [1.54, 1.807) is 0 Å². The number of rotatable bonds is 4. The van der Waals surface area contributed by atoms with E-state index in [1.807, 2.05) is 29.2 Å². The Morgan fingerprint density at radius 2 is 1.86 bits per heavy atom. The first-order valence-corrected chi connectivity index (χ1v) is 10.5. The third-order valence-corrected chi connectivity index (χ3v) is 6.05. The highest BCUT2D eigenvalue weighted by molar-refractivity contribution is 5.77. The van der Waals surface area contributed by atoms with Crippen LogP contribution in [-0.4, -0.2) is 58.0 Å². The lowest BCUT2D eigenvalue weighted by Crippen LogP contribution is -2.57. The summed E-state index contributed by atoms with van der Waals surface area (Å²) in [6.07, 6.45) is 2.18. The van der Waals surface area contributed by atoms with Gasteiger partial charge in [-0.2, -0.15) is 0 Å². The first-order valence-electron chi connectivity index (χ1n) is 10.5. The zero-order valence-corrected chi connectivity index (χ0v) is 16.6. The second-order valence-electron chi connectivity index (χ2n) is 8.25. The number of amides is 2. The van der Waals surface area contributed by atoms with Gasteiger partial charge in [0.15, 0.2) is 0 Å². The molecule has 29 heavy (non-hydrogen) atoms. The third-order valence-electron chi connectivity index (χ3n) is 6.05. The van der Waals surface area contributed by atoms with Crippen LogP contribution in [0.5, 0.6) is 0 Å². The molecule has 6 nitrogen and oxygen atoms in total. The lowest BCUT2D eigenvalue weighted by Gasteiger charge is -2.40. The van der Waals surface area contributed by atoms with Gasteiger partial charge in [0.05, 0.1) is 17.0 Å². The fraction of sp³-hybridized carbons (Fsp3) is 0.391. The molecule has 2 N–H and O–H groups in total. The molecular weight excluding hydrogens is 362 g/mol. The van der Waals surface area contributed by atoms with Crippen molar-refractivity contribution in [2.24, 2.45) is 0 Å². The molecule has 1 aromatic heterocycles. The molecule has 2 saturated heterocycles. The molecular formula is C23H27N5O. The zero-order valence-electron chi connectivity index (χ0n) is 16.6. The molecule has 3 heterocycles. The molecule has 6 heteroatoms. The van der Waals surface area contributed by atoms with Crippen molar-refractivity contribution in [3.63, 3.8) is 0 Å². The quantitative estimate of drug-likeness (QED) is 0.719. The number of nitrogens with zero attached hydrogens (tertiary/aromatic N) is 3. The number of para-hydroxylation sites is 2. The van der Waals surface area contributed by atoms with Gasteiger partial charge in [-0.1, -0.05) is 42.5 Å². The standard InChI is InChI=1S/C23H27N5O/c29-23(24-19-9-6-12-27(16-19)13-17-7-2-1-3-8-17)28-14-18(15-28)22-25-20-10-4-5-11-21(20)26-22/h1-5,7-8,10-11,18-19H,6,9,12-16H2,(H,24,29)(H,25,26)/t19-/m1/s1. The average molecular weight is 390 g/mol. The summed E-state index contributed by atoms with van der Waals surface area (Å²) in [4.78, 5) is 25.1. The van der Waals surface area contributed by atoms with E-state index < -0.39 is 0 Å². The Morgan fingerprint density at radius 3 is 2.69 bits per heavy atom. The number of hydrogen-bond acceptors (Lipinski definition) is 3. The lowest BCUT2D eigenvalue weighted by atomic mass is 10.00. The van der Waals surface area contributed by atoms with Crippen molar-refractivity contribution < 1.29 is 4.79 Å². The van der Waals surface area contributed by atoms with Gasteiger partial charge in [-0.3, -0.25) is 4.90 Å². The Kier molecular flexibility index (Phi) is 4.94. The number of carbonyl (C=O) groups is 1. The van der Waals surface area contributed by atoms with Crippen molar-refractivity contribution in [1.29, 1.82) is 0 Å². The van der Waals surface area contributed by atoms with E-state index in [1.165, 1.54) is 5.56 Å². The fourth-order valence-corrected chi connectivity index (χ4v) is 4.41. The van der Waals surface area contributed by atoms with E-state index in [0.29, 0.717) is 5.92 Å². The SMILES string of the molecule is O=C(N[C@@H]1CCCN(Cc2ccccc2)C1)N1CC(c2nc3ccccc3[nH]2)C1. The van der Waals surface area contributed by atoms with Crippen LogP contribution in [0.25, 0.3) is 11.0 Å². The molecule has 1 atom stereocenters. The first kappa shape index (κ1) is 18.2. The van der Waals surface area contributed by atoms with Crippen LogP contribution < -0.4 is 5.32 Å². The molecule has 0 bridgehead atoms. The van der Waals surface area contributed by atoms with Crippen LogP contribution in [0.15, 0.2) is 54.6 Å². The van der Waals surface area contributed by atoms with E-state index in [4.69, 9.17) is 0 Å². The summed E-state index contributed by atoms with van der Waals surface area (Å²) in [5, 5.41) is 3.25. The summed E-state index contributed by atoms with van der Waals surface area (Å²) in [7, 11) is 0. The summed E-state index contributed by atoms with van der Waals surface area (Å²) >= 11 is 0. The number of fused-ring (bicyclic) bond motifs is 1. The number of H-pyrrole nitrogens is 1. The minimum Gasteiger partial charge on any atom is -0.342 e. The highest BCUT2D eigenvalue weighted by Crippen LogP contribution is 2.27. The molecule has 2 fully saturated rings. The predicted molar refractivity (Wildman–Crippen MR) is 114 cm³/mol. The molecule has 0 saturated carbocycles. The van der Waals surface area contributed by atoms with Gasteiger partial charge in [0, 0.05) is 32.2 Å². The first-order chi connectivity index (χ1) is 14.2. The Balaban J connectivity index is 1.12. The largest absolute Gasteiger partial charge is 0.342 e. The number of likely N-dealkylation sites (tertiary alicyclic amines) is 2. The Bertz CT molecular complexity index is 946.